The maximum absolute atomic E-state index is 13.1. The Hall–Kier alpha value is -3.32. The fourth-order valence-electron chi connectivity index (χ4n) is 2.87. The smallest absolute Gasteiger partial charge is 0.265 e. The summed E-state index contributed by atoms with van der Waals surface area (Å²) in [6.45, 7) is 2.79. The summed E-state index contributed by atoms with van der Waals surface area (Å²) >= 11 is 1.37. The number of benzene rings is 2. The van der Waals surface area contributed by atoms with Crippen LogP contribution in [0.5, 0.6) is 0 Å². The van der Waals surface area contributed by atoms with Crippen LogP contribution in [0, 0.1) is 5.82 Å². The first-order chi connectivity index (χ1) is 13.6. The molecule has 0 radical (unpaired) electrons. The Morgan fingerprint density at radius 1 is 1.11 bits per heavy atom. The van der Waals surface area contributed by atoms with Crippen molar-refractivity contribution in [3.8, 4) is 21.8 Å². The maximum Gasteiger partial charge on any atom is 0.265 e. The predicted molar refractivity (Wildman–Crippen MR) is 109 cm³/mol. The zero-order chi connectivity index (χ0) is 19.5. The molecule has 2 aromatic carbocycles. The third-order valence-corrected chi connectivity index (χ3v) is 5.43. The zero-order valence-electron chi connectivity index (χ0n) is 15.1. The van der Waals surface area contributed by atoms with E-state index < -0.39 is 0 Å². The standard InChI is InChI=1S/C21H17FN4OS/c1-2-26-13-23-25-20(26)15-4-3-5-17(12-15)24-21(27)19-11-10-18(28-19)14-6-8-16(22)9-7-14/h3-13H,2H2,1H3,(H,24,27). The van der Waals surface area contributed by atoms with Gasteiger partial charge in [-0.3, -0.25) is 4.79 Å². The number of amides is 1. The highest BCUT2D eigenvalue weighted by molar-refractivity contribution is 7.17. The Kier molecular flexibility index (Phi) is 4.99. The van der Waals surface area contributed by atoms with Crippen molar-refractivity contribution in [1.82, 2.24) is 14.8 Å². The van der Waals surface area contributed by atoms with Crippen LogP contribution in [0.4, 0.5) is 10.1 Å². The van der Waals surface area contributed by atoms with E-state index in [9.17, 15) is 9.18 Å². The molecule has 0 saturated heterocycles. The number of anilines is 1. The maximum atomic E-state index is 13.1. The molecule has 0 fully saturated rings. The second-order valence-electron chi connectivity index (χ2n) is 6.15. The second-order valence-corrected chi connectivity index (χ2v) is 7.23. The van der Waals surface area contributed by atoms with Crippen LogP contribution in [-0.4, -0.2) is 20.7 Å². The fourth-order valence-corrected chi connectivity index (χ4v) is 3.77. The van der Waals surface area contributed by atoms with Crippen molar-refractivity contribution in [2.24, 2.45) is 0 Å². The van der Waals surface area contributed by atoms with Gasteiger partial charge in [-0.1, -0.05) is 24.3 Å². The van der Waals surface area contributed by atoms with E-state index in [2.05, 4.69) is 15.5 Å². The number of thiophene rings is 1. The quantitative estimate of drug-likeness (QED) is 0.515. The number of hydrogen-bond donors (Lipinski definition) is 1. The molecular weight excluding hydrogens is 375 g/mol. The Balaban J connectivity index is 1.53. The molecule has 140 valence electrons. The number of rotatable bonds is 5. The molecule has 28 heavy (non-hydrogen) atoms. The van der Waals surface area contributed by atoms with Gasteiger partial charge in [-0.05, 0) is 48.9 Å². The van der Waals surface area contributed by atoms with E-state index in [1.54, 1.807) is 24.5 Å². The van der Waals surface area contributed by atoms with Crippen molar-refractivity contribution in [3.05, 3.63) is 77.7 Å². The molecule has 0 unspecified atom stereocenters. The molecule has 0 spiro atoms. The molecule has 0 atom stereocenters. The Bertz CT molecular complexity index is 1120. The van der Waals surface area contributed by atoms with Crippen molar-refractivity contribution < 1.29 is 9.18 Å². The summed E-state index contributed by atoms with van der Waals surface area (Å²) in [4.78, 5) is 14.1. The van der Waals surface area contributed by atoms with Gasteiger partial charge >= 0.3 is 0 Å². The highest BCUT2D eigenvalue weighted by Crippen LogP contribution is 2.29. The van der Waals surface area contributed by atoms with Crippen LogP contribution in [0.1, 0.15) is 16.6 Å². The van der Waals surface area contributed by atoms with Crippen LogP contribution >= 0.6 is 11.3 Å². The van der Waals surface area contributed by atoms with Gasteiger partial charge in [0.05, 0.1) is 4.88 Å². The van der Waals surface area contributed by atoms with Crippen molar-refractivity contribution >= 4 is 22.9 Å². The lowest BCUT2D eigenvalue weighted by Crippen LogP contribution is -2.10. The van der Waals surface area contributed by atoms with E-state index in [1.807, 2.05) is 41.8 Å². The van der Waals surface area contributed by atoms with E-state index in [0.717, 1.165) is 28.4 Å². The molecule has 2 heterocycles. The van der Waals surface area contributed by atoms with Gasteiger partial charge < -0.3 is 9.88 Å². The Morgan fingerprint density at radius 2 is 1.93 bits per heavy atom. The highest BCUT2D eigenvalue weighted by Gasteiger charge is 2.12. The largest absolute Gasteiger partial charge is 0.321 e. The van der Waals surface area contributed by atoms with E-state index in [1.165, 1.54) is 23.5 Å². The second kappa shape index (κ2) is 7.74. The summed E-state index contributed by atoms with van der Waals surface area (Å²) in [6, 6.07) is 17.4. The minimum absolute atomic E-state index is 0.188. The monoisotopic (exact) mass is 392 g/mol. The highest BCUT2D eigenvalue weighted by atomic mass is 32.1. The van der Waals surface area contributed by atoms with Crippen LogP contribution in [0.15, 0.2) is 67.0 Å². The predicted octanol–water partition coefficient (Wildman–Crippen LogP) is 5.08. The number of hydrogen-bond acceptors (Lipinski definition) is 4. The third kappa shape index (κ3) is 3.70. The third-order valence-electron chi connectivity index (χ3n) is 4.29. The van der Waals surface area contributed by atoms with Gasteiger partial charge in [0.1, 0.15) is 12.1 Å². The van der Waals surface area contributed by atoms with Gasteiger partial charge in [0, 0.05) is 22.7 Å². The van der Waals surface area contributed by atoms with Gasteiger partial charge in [-0.25, -0.2) is 4.39 Å². The molecule has 0 aliphatic carbocycles. The molecule has 1 amide bonds. The summed E-state index contributed by atoms with van der Waals surface area (Å²) in [5.41, 5.74) is 2.45. The first kappa shape index (κ1) is 18.1. The minimum Gasteiger partial charge on any atom is -0.321 e. The van der Waals surface area contributed by atoms with Gasteiger partial charge in [-0.2, -0.15) is 0 Å². The van der Waals surface area contributed by atoms with Crippen LogP contribution in [0.2, 0.25) is 0 Å². The van der Waals surface area contributed by atoms with Crippen LogP contribution in [0.3, 0.4) is 0 Å². The van der Waals surface area contributed by atoms with E-state index in [-0.39, 0.29) is 11.7 Å². The van der Waals surface area contributed by atoms with Gasteiger partial charge in [0.25, 0.3) is 5.91 Å². The lowest BCUT2D eigenvalue weighted by Gasteiger charge is -2.07. The molecular formula is C21H17FN4OS. The van der Waals surface area contributed by atoms with Gasteiger partial charge in [-0.15, -0.1) is 21.5 Å². The number of halogens is 1. The van der Waals surface area contributed by atoms with Crippen LogP contribution in [-0.2, 0) is 6.54 Å². The number of aryl methyl sites for hydroxylation is 1. The number of carbonyl (C=O) groups excluding carboxylic acids is 1. The van der Waals surface area contributed by atoms with E-state index in [0.29, 0.717) is 10.6 Å². The summed E-state index contributed by atoms with van der Waals surface area (Å²) in [5.74, 6) is 0.290. The molecule has 5 nitrogen and oxygen atoms in total. The van der Waals surface area contributed by atoms with Crippen LogP contribution < -0.4 is 5.32 Å². The van der Waals surface area contributed by atoms with E-state index >= 15 is 0 Å². The molecule has 4 rings (SSSR count). The number of carbonyl (C=O) groups is 1. The topological polar surface area (TPSA) is 59.8 Å². The lowest BCUT2D eigenvalue weighted by atomic mass is 10.2. The Morgan fingerprint density at radius 3 is 2.71 bits per heavy atom. The fraction of sp³-hybridized carbons (Fsp3) is 0.0952. The zero-order valence-corrected chi connectivity index (χ0v) is 15.9. The summed E-state index contributed by atoms with van der Waals surface area (Å²) in [7, 11) is 0. The average Bonchev–Trinajstić information content (AvgIpc) is 3.38. The molecule has 0 bridgehead atoms. The van der Waals surface area contributed by atoms with Crippen molar-refractivity contribution in [2.45, 2.75) is 13.5 Å². The average molecular weight is 392 g/mol. The molecule has 2 aromatic heterocycles. The van der Waals surface area contributed by atoms with Gasteiger partial charge in [0.2, 0.25) is 0 Å². The molecule has 0 aliphatic rings. The number of aromatic nitrogens is 3. The molecule has 7 heteroatoms. The summed E-state index contributed by atoms with van der Waals surface area (Å²) < 4.78 is 15.0. The van der Waals surface area contributed by atoms with Crippen molar-refractivity contribution in [3.63, 3.8) is 0 Å². The SMILES string of the molecule is CCn1cnnc1-c1cccc(NC(=O)c2ccc(-c3ccc(F)cc3)s2)c1. The van der Waals surface area contributed by atoms with Gasteiger partial charge in [0.15, 0.2) is 5.82 Å². The number of nitrogens with zero attached hydrogens (tertiary/aromatic N) is 3. The van der Waals surface area contributed by atoms with Crippen LogP contribution in [0.25, 0.3) is 21.8 Å². The van der Waals surface area contributed by atoms with E-state index in [4.69, 9.17) is 0 Å². The summed E-state index contributed by atoms with van der Waals surface area (Å²) in [5, 5.41) is 11.0. The Labute approximate surface area is 165 Å². The summed E-state index contributed by atoms with van der Waals surface area (Å²) in [6.07, 6.45) is 1.68. The van der Waals surface area contributed by atoms with Crippen molar-refractivity contribution in [2.75, 3.05) is 5.32 Å². The van der Waals surface area contributed by atoms with Crippen molar-refractivity contribution in [1.29, 1.82) is 0 Å². The first-order valence-electron chi connectivity index (χ1n) is 8.79. The first-order valence-corrected chi connectivity index (χ1v) is 9.61. The molecule has 1 N–H and O–H groups in total. The lowest BCUT2D eigenvalue weighted by molar-refractivity contribution is 0.103. The number of nitrogens with one attached hydrogen (secondary N) is 1. The minimum atomic E-state index is -0.280. The molecule has 0 saturated carbocycles. The molecule has 0 aliphatic heterocycles. The normalized spacial score (nSPS) is 10.8. The molecule has 4 aromatic rings.